The Morgan fingerprint density at radius 1 is 1.03 bits per heavy atom. The topological polar surface area (TPSA) is 130 Å². The molecule has 2 N–H and O–H groups in total. The van der Waals surface area contributed by atoms with Gasteiger partial charge in [-0.3, -0.25) is 0 Å². The number of hydrogen-bond acceptors (Lipinski definition) is 7. The van der Waals surface area contributed by atoms with Crippen LogP contribution < -0.4 is 9.47 Å². The molecule has 0 aliphatic carbocycles. The summed E-state index contributed by atoms with van der Waals surface area (Å²) in [4.78, 5) is 23.3. The Kier molecular flexibility index (Phi) is 8.53. The summed E-state index contributed by atoms with van der Waals surface area (Å²) < 4.78 is 38.8. The molecule has 0 unspecified atom stereocenters. The molecule has 37 heavy (non-hydrogen) atoms. The lowest BCUT2D eigenvalue weighted by Gasteiger charge is -2.31. The SMILES string of the molecule is O=C(O)COc1c(C(=O)O)sc(-c2cccc(OCC3CCN(S(=O)(=O)c4ccccc4)CC3)c2)c1Br. The molecule has 2 aromatic carbocycles. The fourth-order valence-corrected chi connectivity index (χ4v) is 7.36. The first-order valence-corrected chi connectivity index (χ1v) is 14.4. The molecule has 0 bridgehead atoms. The van der Waals surface area contributed by atoms with Gasteiger partial charge in [0.05, 0.1) is 20.9 Å². The largest absolute Gasteiger partial charge is 0.493 e. The molecule has 1 fully saturated rings. The van der Waals surface area contributed by atoms with Crippen LogP contribution in [0.25, 0.3) is 10.4 Å². The second-order valence-electron chi connectivity index (χ2n) is 8.39. The number of aromatic carboxylic acids is 1. The highest BCUT2D eigenvalue weighted by atomic mass is 79.9. The van der Waals surface area contributed by atoms with E-state index in [0.29, 0.717) is 58.1 Å². The maximum atomic E-state index is 12.8. The first-order valence-electron chi connectivity index (χ1n) is 11.4. The summed E-state index contributed by atoms with van der Waals surface area (Å²) in [6.45, 7) is 0.598. The molecule has 0 radical (unpaired) electrons. The van der Waals surface area contributed by atoms with Crippen LogP contribution in [0.15, 0.2) is 64.0 Å². The number of carboxylic acid groups (broad SMARTS) is 2. The number of benzene rings is 2. The van der Waals surface area contributed by atoms with Crippen LogP contribution in [-0.4, -0.2) is 61.2 Å². The van der Waals surface area contributed by atoms with E-state index >= 15 is 0 Å². The Bertz CT molecular complexity index is 1380. The minimum Gasteiger partial charge on any atom is -0.493 e. The van der Waals surface area contributed by atoms with Gasteiger partial charge in [-0.15, -0.1) is 11.3 Å². The second-order valence-corrected chi connectivity index (χ2v) is 12.1. The summed E-state index contributed by atoms with van der Waals surface area (Å²) in [5.74, 6) is -1.69. The fraction of sp³-hybridized carbons (Fsp3) is 0.280. The van der Waals surface area contributed by atoms with Gasteiger partial charge in [0.1, 0.15) is 5.75 Å². The first-order chi connectivity index (χ1) is 17.7. The van der Waals surface area contributed by atoms with Crippen molar-refractivity contribution in [3.63, 3.8) is 0 Å². The number of thiophene rings is 1. The number of piperidine rings is 1. The van der Waals surface area contributed by atoms with E-state index in [1.54, 1.807) is 54.6 Å². The number of ether oxygens (including phenoxy) is 2. The molecule has 1 saturated heterocycles. The average Bonchev–Trinajstić information content (AvgIpc) is 3.23. The highest BCUT2D eigenvalue weighted by Gasteiger charge is 2.29. The normalized spacial score (nSPS) is 14.8. The Morgan fingerprint density at radius 3 is 2.38 bits per heavy atom. The van der Waals surface area contributed by atoms with Gasteiger partial charge in [0.2, 0.25) is 10.0 Å². The third-order valence-corrected chi connectivity index (χ3v) is 10.0. The highest BCUT2D eigenvalue weighted by Crippen LogP contribution is 2.46. The van der Waals surface area contributed by atoms with Crippen molar-refractivity contribution in [3.05, 3.63) is 63.9 Å². The summed E-state index contributed by atoms with van der Waals surface area (Å²) >= 11 is 4.33. The minimum atomic E-state index is -3.51. The predicted molar refractivity (Wildman–Crippen MR) is 141 cm³/mol. The van der Waals surface area contributed by atoms with Gasteiger partial charge in [-0.25, -0.2) is 18.0 Å². The van der Waals surface area contributed by atoms with Crippen molar-refractivity contribution < 1.29 is 37.7 Å². The third-order valence-electron chi connectivity index (χ3n) is 5.88. The number of aliphatic carboxylic acids is 1. The molecule has 1 aliphatic heterocycles. The molecule has 2 heterocycles. The quantitative estimate of drug-likeness (QED) is 0.334. The molecule has 0 amide bonds. The maximum absolute atomic E-state index is 12.8. The van der Waals surface area contributed by atoms with Gasteiger partial charge in [-0.2, -0.15) is 4.31 Å². The molecule has 1 aliphatic rings. The van der Waals surface area contributed by atoms with Crippen LogP contribution in [0, 0.1) is 5.92 Å². The van der Waals surface area contributed by atoms with Crippen molar-refractivity contribution in [2.75, 3.05) is 26.3 Å². The second kappa shape index (κ2) is 11.6. The van der Waals surface area contributed by atoms with Gasteiger partial charge >= 0.3 is 11.9 Å². The molecule has 0 saturated carbocycles. The van der Waals surface area contributed by atoms with Gasteiger partial charge < -0.3 is 19.7 Å². The van der Waals surface area contributed by atoms with E-state index in [9.17, 15) is 23.1 Å². The third kappa shape index (κ3) is 6.32. The van der Waals surface area contributed by atoms with E-state index in [1.165, 1.54) is 4.31 Å². The highest BCUT2D eigenvalue weighted by molar-refractivity contribution is 9.10. The van der Waals surface area contributed by atoms with Gasteiger partial charge in [0, 0.05) is 13.1 Å². The van der Waals surface area contributed by atoms with Gasteiger partial charge in [-0.05, 0) is 64.5 Å². The van der Waals surface area contributed by atoms with Crippen molar-refractivity contribution in [2.24, 2.45) is 5.92 Å². The van der Waals surface area contributed by atoms with E-state index in [4.69, 9.17) is 14.6 Å². The summed E-state index contributed by atoms with van der Waals surface area (Å²) in [5.41, 5.74) is 0.686. The van der Waals surface area contributed by atoms with Crippen LogP contribution in [0.1, 0.15) is 22.5 Å². The standard InChI is InChI=1S/C25H24BrNO8S2/c26-21-22(35-15-20(28)29)24(25(30)31)36-23(21)17-5-4-6-18(13-17)34-14-16-9-11-27(12-10-16)37(32,33)19-7-2-1-3-8-19/h1-8,13,16H,9-12,14-15H2,(H,28,29)(H,30,31). The van der Waals surface area contributed by atoms with Crippen molar-refractivity contribution >= 4 is 49.2 Å². The molecule has 4 rings (SSSR count). The molecular weight excluding hydrogens is 586 g/mol. The van der Waals surface area contributed by atoms with Crippen molar-refractivity contribution in [3.8, 4) is 21.9 Å². The van der Waals surface area contributed by atoms with E-state index in [0.717, 1.165) is 11.3 Å². The number of rotatable bonds is 10. The fourth-order valence-electron chi connectivity index (χ4n) is 3.98. The van der Waals surface area contributed by atoms with Crippen LogP contribution in [0.3, 0.4) is 0 Å². The molecule has 1 aromatic heterocycles. The monoisotopic (exact) mass is 609 g/mol. The van der Waals surface area contributed by atoms with Crippen molar-refractivity contribution in [1.82, 2.24) is 4.31 Å². The number of hydrogen-bond donors (Lipinski definition) is 2. The number of sulfonamides is 1. The lowest BCUT2D eigenvalue weighted by molar-refractivity contribution is -0.139. The zero-order chi connectivity index (χ0) is 26.6. The van der Waals surface area contributed by atoms with Crippen molar-refractivity contribution in [2.45, 2.75) is 17.7 Å². The van der Waals surface area contributed by atoms with E-state index in [1.807, 2.05) is 0 Å². The molecule has 0 spiro atoms. The average molecular weight is 611 g/mol. The zero-order valence-electron chi connectivity index (χ0n) is 19.5. The first kappa shape index (κ1) is 27.1. The number of halogens is 1. The van der Waals surface area contributed by atoms with Gasteiger partial charge in [0.25, 0.3) is 0 Å². The smallest absolute Gasteiger partial charge is 0.349 e. The Balaban J connectivity index is 1.40. The van der Waals surface area contributed by atoms with E-state index in [2.05, 4.69) is 15.9 Å². The summed E-state index contributed by atoms with van der Waals surface area (Å²) in [7, 11) is -3.51. The van der Waals surface area contributed by atoms with E-state index < -0.39 is 28.6 Å². The van der Waals surface area contributed by atoms with Crippen LogP contribution in [0.5, 0.6) is 11.5 Å². The number of nitrogens with zero attached hydrogens (tertiary/aromatic N) is 1. The minimum absolute atomic E-state index is 0.0292. The Hall–Kier alpha value is -2.93. The van der Waals surface area contributed by atoms with Crippen LogP contribution >= 0.6 is 27.3 Å². The van der Waals surface area contributed by atoms with Crippen LogP contribution in [0.4, 0.5) is 0 Å². The molecular formula is C25H24BrNO8S2. The maximum Gasteiger partial charge on any atom is 0.349 e. The lowest BCUT2D eigenvalue weighted by atomic mass is 9.99. The van der Waals surface area contributed by atoms with Crippen LogP contribution in [-0.2, 0) is 14.8 Å². The van der Waals surface area contributed by atoms with Gasteiger partial charge in [0.15, 0.2) is 17.2 Å². The van der Waals surface area contributed by atoms with Crippen LogP contribution in [0.2, 0.25) is 0 Å². The Morgan fingerprint density at radius 2 is 1.73 bits per heavy atom. The van der Waals surface area contributed by atoms with Gasteiger partial charge in [-0.1, -0.05) is 30.3 Å². The predicted octanol–water partition coefficient (Wildman–Crippen LogP) is 4.82. The lowest BCUT2D eigenvalue weighted by Crippen LogP contribution is -2.39. The zero-order valence-corrected chi connectivity index (χ0v) is 22.7. The molecule has 9 nitrogen and oxygen atoms in total. The molecule has 12 heteroatoms. The number of carboxylic acids is 2. The summed E-state index contributed by atoms with van der Waals surface area (Å²) in [6.07, 6.45) is 1.35. The summed E-state index contributed by atoms with van der Waals surface area (Å²) in [6, 6.07) is 15.6. The molecule has 196 valence electrons. The molecule has 0 atom stereocenters. The Labute approximate surface area is 226 Å². The summed E-state index contributed by atoms with van der Waals surface area (Å²) in [5, 5.41) is 18.4. The van der Waals surface area contributed by atoms with Crippen molar-refractivity contribution in [1.29, 1.82) is 0 Å². The molecule has 3 aromatic rings. The number of carbonyl (C=O) groups is 2. The van der Waals surface area contributed by atoms with E-state index in [-0.39, 0.29) is 16.5 Å².